The van der Waals surface area contributed by atoms with Crippen LogP contribution in [-0.4, -0.2) is 51.9 Å². The van der Waals surface area contributed by atoms with Gasteiger partial charge in [0.1, 0.15) is 13.1 Å². The Bertz CT molecular complexity index is 644. The molecule has 7 nitrogen and oxygen atoms in total. The lowest BCUT2D eigenvalue weighted by Gasteiger charge is -2.23. The number of rotatable bonds is 6. The maximum atomic E-state index is 13.3. The number of benzene rings is 1. The van der Waals surface area contributed by atoms with Crippen LogP contribution in [0.4, 0.5) is 10.1 Å². The van der Waals surface area contributed by atoms with Gasteiger partial charge in [0.05, 0.1) is 35.3 Å². The highest BCUT2D eigenvalue weighted by Crippen LogP contribution is 2.22. The van der Waals surface area contributed by atoms with E-state index in [2.05, 4.69) is 0 Å². The average Bonchev–Trinajstić information content (AvgIpc) is 2.48. The maximum absolute atomic E-state index is 13.3. The number of nitrogens with one attached hydrogen (secondary N) is 1. The monoisotopic (exact) mass is 333 g/mol. The van der Waals surface area contributed by atoms with Gasteiger partial charge in [-0.15, -0.1) is 0 Å². The molecule has 0 bridgehead atoms. The number of nitro groups is 1. The van der Waals surface area contributed by atoms with E-state index in [0.29, 0.717) is 26.2 Å². The summed E-state index contributed by atoms with van der Waals surface area (Å²) < 4.78 is 42.8. The average molecular weight is 333 g/mol. The van der Waals surface area contributed by atoms with E-state index in [4.69, 9.17) is 4.74 Å². The highest BCUT2D eigenvalue weighted by Gasteiger charge is 2.22. The van der Waals surface area contributed by atoms with E-state index in [1.54, 1.807) is 0 Å². The molecule has 1 aromatic rings. The Hall–Kier alpha value is -1.58. The van der Waals surface area contributed by atoms with Crippen LogP contribution in [0.25, 0.3) is 0 Å². The minimum atomic E-state index is -3.65. The summed E-state index contributed by atoms with van der Waals surface area (Å²) >= 11 is 0. The standard InChI is InChI=1S/C13H17FN2O5S/c14-12-3-2-11(10-13(12)16(17)18)22(19,20)9-1-4-15-5-7-21-8-6-15/h2-3,10H,1,4-9H2/p+1. The molecule has 0 aliphatic carbocycles. The Morgan fingerprint density at radius 3 is 2.64 bits per heavy atom. The smallest absolute Gasteiger partial charge is 0.306 e. The number of hydrogen-bond donors (Lipinski definition) is 1. The Labute approximate surface area is 127 Å². The zero-order chi connectivity index (χ0) is 16.2. The molecule has 1 aliphatic heterocycles. The van der Waals surface area contributed by atoms with Gasteiger partial charge in [0.15, 0.2) is 9.84 Å². The van der Waals surface area contributed by atoms with Gasteiger partial charge in [0, 0.05) is 12.5 Å². The van der Waals surface area contributed by atoms with Gasteiger partial charge in [-0.1, -0.05) is 0 Å². The Balaban J connectivity index is 2.00. The molecule has 0 unspecified atom stereocenters. The fourth-order valence-corrected chi connectivity index (χ4v) is 3.69. The van der Waals surface area contributed by atoms with Gasteiger partial charge in [0.25, 0.3) is 0 Å². The summed E-state index contributed by atoms with van der Waals surface area (Å²) in [7, 11) is -3.65. The lowest BCUT2D eigenvalue weighted by atomic mass is 10.3. The van der Waals surface area contributed by atoms with Crippen molar-refractivity contribution in [1.82, 2.24) is 0 Å². The first-order valence-electron chi connectivity index (χ1n) is 6.98. The highest BCUT2D eigenvalue weighted by molar-refractivity contribution is 7.91. The third-order valence-corrected chi connectivity index (χ3v) is 5.42. The molecular weight excluding hydrogens is 315 g/mol. The van der Waals surface area contributed by atoms with E-state index in [1.807, 2.05) is 0 Å². The summed E-state index contributed by atoms with van der Waals surface area (Å²) in [6.07, 6.45) is 0.447. The predicted octanol–water partition coefficient (Wildman–Crippen LogP) is -0.187. The molecule has 1 saturated heterocycles. The van der Waals surface area contributed by atoms with E-state index in [9.17, 15) is 22.9 Å². The number of sulfone groups is 1. The Morgan fingerprint density at radius 1 is 1.32 bits per heavy atom. The SMILES string of the molecule is O=[N+]([O-])c1cc(S(=O)(=O)CCC[NH+]2CCOCC2)ccc1F. The number of ether oxygens (including phenoxy) is 1. The first-order chi connectivity index (χ1) is 10.4. The molecule has 1 heterocycles. The first-order valence-corrected chi connectivity index (χ1v) is 8.63. The summed E-state index contributed by atoms with van der Waals surface area (Å²) in [4.78, 5) is 10.8. The molecule has 0 saturated carbocycles. The first kappa shape index (κ1) is 16.8. The number of nitrogens with zero attached hydrogens (tertiary/aromatic N) is 1. The zero-order valence-corrected chi connectivity index (χ0v) is 12.8. The van der Waals surface area contributed by atoms with Gasteiger partial charge in [-0.25, -0.2) is 8.42 Å². The summed E-state index contributed by atoms with van der Waals surface area (Å²) in [6, 6.07) is 2.67. The number of morpholine rings is 1. The van der Waals surface area contributed by atoms with Crippen molar-refractivity contribution >= 4 is 15.5 Å². The highest BCUT2D eigenvalue weighted by atomic mass is 32.2. The van der Waals surface area contributed by atoms with Crippen LogP contribution in [0.2, 0.25) is 0 Å². The largest absolute Gasteiger partial charge is 0.370 e. The normalized spacial score (nSPS) is 16.6. The van der Waals surface area contributed by atoms with Crippen LogP contribution in [0, 0.1) is 15.9 Å². The summed E-state index contributed by atoms with van der Waals surface area (Å²) in [5, 5.41) is 10.7. The summed E-state index contributed by atoms with van der Waals surface area (Å²) in [5.41, 5.74) is -0.820. The van der Waals surface area contributed by atoms with Crippen molar-refractivity contribution in [2.75, 3.05) is 38.6 Å². The molecule has 0 aromatic heterocycles. The second-order valence-electron chi connectivity index (χ2n) is 5.16. The number of nitro benzene ring substituents is 1. The van der Waals surface area contributed by atoms with E-state index in [1.165, 1.54) is 4.90 Å². The van der Waals surface area contributed by atoms with Gasteiger partial charge >= 0.3 is 5.69 Å². The van der Waals surface area contributed by atoms with Crippen LogP contribution in [0.5, 0.6) is 0 Å². The minimum absolute atomic E-state index is 0.111. The van der Waals surface area contributed by atoms with Crippen molar-refractivity contribution < 1.29 is 27.4 Å². The van der Waals surface area contributed by atoms with Crippen LogP contribution in [0.1, 0.15) is 6.42 Å². The molecule has 22 heavy (non-hydrogen) atoms. The molecule has 2 rings (SSSR count). The van der Waals surface area contributed by atoms with Gasteiger partial charge < -0.3 is 9.64 Å². The van der Waals surface area contributed by atoms with E-state index in [0.717, 1.165) is 31.3 Å². The second-order valence-corrected chi connectivity index (χ2v) is 7.26. The molecule has 0 spiro atoms. The van der Waals surface area contributed by atoms with Crippen molar-refractivity contribution in [1.29, 1.82) is 0 Å². The number of quaternary nitrogens is 1. The fraction of sp³-hybridized carbons (Fsp3) is 0.538. The van der Waals surface area contributed by atoms with Crippen molar-refractivity contribution in [2.45, 2.75) is 11.3 Å². The second kappa shape index (κ2) is 7.12. The van der Waals surface area contributed by atoms with Crippen molar-refractivity contribution in [3.8, 4) is 0 Å². The van der Waals surface area contributed by atoms with Crippen LogP contribution in [0.15, 0.2) is 23.1 Å². The van der Waals surface area contributed by atoms with E-state index in [-0.39, 0.29) is 10.6 Å². The maximum Gasteiger partial charge on any atom is 0.306 e. The van der Waals surface area contributed by atoms with Gasteiger partial charge in [-0.05, 0) is 12.1 Å². The minimum Gasteiger partial charge on any atom is -0.370 e. The molecule has 1 fully saturated rings. The summed E-state index contributed by atoms with van der Waals surface area (Å²) in [5.74, 6) is -1.15. The molecule has 0 amide bonds. The van der Waals surface area contributed by atoms with Gasteiger partial charge in [-0.2, -0.15) is 4.39 Å². The predicted molar refractivity (Wildman–Crippen MR) is 76.1 cm³/mol. The van der Waals surface area contributed by atoms with Crippen molar-refractivity contribution in [3.05, 3.63) is 34.1 Å². The van der Waals surface area contributed by atoms with E-state index >= 15 is 0 Å². The Morgan fingerprint density at radius 2 is 2.00 bits per heavy atom. The molecule has 9 heteroatoms. The van der Waals surface area contributed by atoms with E-state index < -0.39 is 26.3 Å². The van der Waals surface area contributed by atoms with Crippen LogP contribution in [0.3, 0.4) is 0 Å². The van der Waals surface area contributed by atoms with Crippen LogP contribution >= 0.6 is 0 Å². The molecular formula is C13H18FN2O5S+. The molecule has 1 aliphatic rings. The molecule has 1 N–H and O–H groups in total. The van der Waals surface area contributed by atoms with Crippen molar-refractivity contribution in [3.63, 3.8) is 0 Å². The van der Waals surface area contributed by atoms with Crippen LogP contribution in [-0.2, 0) is 14.6 Å². The lowest BCUT2D eigenvalue weighted by Crippen LogP contribution is -3.14. The van der Waals surface area contributed by atoms with Crippen LogP contribution < -0.4 is 4.90 Å². The molecule has 122 valence electrons. The Kier molecular flexibility index (Phi) is 5.43. The third kappa shape index (κ3) is 4.21. The molecule has 1 aromatic carbocycles. The fourth-order valence-electron chi connectivity index (χ4n) is 2.37. The zero-order valence-electron chi connectivity index (χ0n) is 12.0. The molecule has 0 radical (unpaired) electrons. The number of hydrogen-bond acceptors (Lipinski definition) is 5. The lowest BCUT2D eigenvalue weighted by molar-refractivity contribution is -0.908. The molecule has 0 atom stereocenters. The quantitative estimate of drug-likeness (QED) is 0.443. The van der Waals surface area contributed by atoms with Crippen molar-refractivity contribution in [2.24, 2.45) is 0 Å². The van der Waals surface area contributed by atoms with Gasteiger partial charge in [0.2, 0.25) is 5.82 Å². The number of halogens is 1. The van der Waals surface area contributed by atoms with Gasteiger partial charge in [-0.3, -0.25) is 10.1 Å². The summed E-state index contributed by atoms with van der Waals surface area (Å²) in [6.45, 7) is 3.74. The third-order valence-electron chi connectivity index (χ3n) is 3.62. The topological polar surface area (TPSA) is 91.0 Å².